The van der Waals surface area contributed by atoms with E-state index in [-0.39, 0.29) is 0 Å². The Morgan fingerprint density at radius 1 is 1.15 bits per heavy atom. The molecule has 0 unspecified atom stereocenters. The van der Waals surface area contributed by atoms with Gasteiger partial charge in [-0.1, -0.05) is 18.6 Å². The third kappa shape index (κ3) is 2.84. The van der Waals surface area contributed by atoms with Gasteiger partial charge in [-0.25, -0.2) is 4.98 Å². The minimum absolute atomic E-state index is 0.302. The van der Waals surface area contributed by atoms with E-state index in [2.05, 4.69) is 15.3 Å². The standard InChI is InChI=1S/C16H21N3O/c1-2-17-16-18-14-11-7-6-10-13(14)15(19-16)20-12-8-4-3-5-9-12/h6-7,10-12H,2-5,8-9H2,1H3,(H,17,18,19). The summed E-state index contributed by atoms with van der Waals surface area (Å²) < 4.78 is 6.16. The van der Waals surface area contributed by atoms with Crippen molar-refractivity contribution in [3.8, 4) is 5.88 Å². The lowest BCUT2D eigenvalue weighted by molar-refractivity contribution is 0.151. The van der Waals surface area contributed by atoms with Crippen LogP contribution >= 0.6 is 0 Å². The third-order valence-electron chi connectivity index (χ3n) is 3.73. The molecule has 0 amide bonds. The van der Waals surface area contributed by atoms with E-state index in [1.165, 1.54) is 19.3 Å². The van der Waals surface area contributed by atoms with Crippen LogP contribution in [0.3, 0.4) is 0 Å². The van der Waals surface area contributed by atoms with Crippen molar-refractivity contribution in [2.75, 3.05) is 11.9 Å². The molecule has 1 aromatic heterocycles. The highest BCUT2D eigenvalue weighted by atomic mass is 16.5. The predicted molar refractivity (Wildman–Crippen MR) is 81.2 cm³/mol. The minimum Gasteiger partial charge on any atom is -0.474 e. The number of hydrogen-bond acceptors (Lipinski definition) is 4. The van der Waals surface area contributed by atoms with Crippen molar-refractivity contribution in [1.82, 2.24) is 9.97 Å². The topological polar surface area (TPSA) is 47.0 Å². The van der Waals surface area contributed by atoms with Crippen LogP contribution in [0.1, 0.15) is 39.0 Å². The molecule has 1 N–H and O–H groups in total. The first kappa shape index (κ1) is 13.2. The molecular weight excluding hydrogens is 250 g/mol. The largest absolute Gasteiger partial charge is 0.474 e. The minimum atomic E-state index is 0.302. The molecule has 2 aromatic rings. The molecule has 3 rings (SSSR count). The van der Waals surface area contributed by atoms with Crippen LogP contribution in [0.25, 0.3) is 10.9 Å². The van der Waals surface area contributed by atoms with E-state index in [0.717, 1.165) is 36.2 Å². The number of hydrogen-bond donors (Lipinski definition) is 1. The maximum Gasteiger partial charge on any atom is 0.226 e. The quantitative estimate of drug-likeness (QED) is 0.919. The van der Waals surface area contributed by atoms with Crippen LogP contribution in [0, 0.1) is 0 Å². The number of anilines is 1. The van der Waals surface area contributed by atoms with Gasteiger partial charge in [0.1, 0.15) is 6.10 Å². The van der Waals surface area contributed by atoms with Crippen molar-refractivity contribution in [1.29, 1.82) is 0 Å². The van der Waals surface area contributed by atoms with E-state index in [1.54, 1.807) is 0 Å². The molecule has 1 saturated carbocycles. The Balaban J connectivity index is 1.93. The highest BCUT2D eigenvalue weighted by molar-refractivity contribution is 5.84. The fourth-order valence-electron chi connectivity index (χ4n) is 2.72. The zero-order valence-electron chi connectivity index (χ0n) is 11.9. The number of benzene rings is 1. The summed E-state index contributed by atoms with van der Waals surface area (Å²) in [6, 6.07) is 8.04. The normalized spacial score (nSPS) is 16.2. The van der Waals surface area contributed by atoms with Crippen molar-refractivity contribution in [3.63, 3.8) is 0 Å². The molecule has 0 spiro atoms. The predicted octanol–water partition coefficient (Wildman–Crippen LogP) is 3.77. The lowest BCUT2D eigenvalue weighted by Gasteiger charge is -2.23. The molecule has 1 heterocycles. The highest BCUT2D eigenvalue weighted by Gasteiger charge is 2.17. The Labute approximate surface area is 119 Å². The van der Waals surface area contributed by atoms with Crippen molar-refractivity contribution in [2.45, 2.75) is 45.1 Å². The van der Waals surface area contributed by atoms with Gasteiger partial charge in [0.2, 0.25) is 11.8 Å². The molecule has 0 bridgehead atoms. The first-order chi connectivity index (χ1) is 9.86. The van der Waals surface area contributed by atoms with Gasteiger partial charge < -0.3 is 10.1 Å². The highest BCUT2D eigenvalue weighted by Crippen LogP contribution is 2.28. The van der Waals surface area contributed by atoms with Gasteiger partial charge >= 0.3 is 0 Å². The second kappa shape index (κ2) is 6.07. The lowest BCUT2D eigenvalue weighted by Crippen LogP contribution is -2.20. The maximum atomic E-state index is 6.16. The van der Waals surface area contributed by atoms with E-state index in [0.29, 0.717) is 12.1 Å². The summed E-state index contributed by atoms with van der Waals surface area (Å²) in [6.07, 6.45) is 6.41. The average Bonchev–Trinajstić information content (AvgIpc) is 2.49. The van der Waals surface area contributed by atoms with E-state index in [4.69, 9.17) is 4.74 Å². The number of para-hydroxylation sites is 1. The molecule has 106 valence electrons. The Bertz CT molecular complexity index is 579. The molecular formula is C16H21N3O. The number of aromatic nitrogens is 2. The van der Waals surface area contributed by atoms with Gasteiger partial charge in [0.25, 0.3) is 0 Å². The molecule has 0 aliphatic heterocycles. The molecule has 0 saturated heterocycles. The van der Waals surface area contributed by atoms with Crippen LogP contribution < -0.4 is 10.1 Å². The molecule has 0 atom stereocenters. The number of fused-ring (bicyclic) bond motifs is 1. The van der Waals surface area contributed by atoms with Crippen molar-refractivity contribution >= 4 is 16.9 Å². The first-order valence-electron chi connectivity index (χ1n) is 7.54. The number of rotatable bonds is 4. The van der Waals surface area contributed by atoms with E-state index in [1.807, 2.05) is 31.2 Å². The fraction of sp³-hybridized carbons (Fsp3) is 0.500. The summed E-state index contributed by atoms with van der Waals surface area (Å²) in [4.78, 5) is 9.06. The second-order valence-corrected chi connectivity index (χ2v) is 5.28. The molecule has 1 fully saturated rings. The van der Waals surface area contributed by atoms with Crippen LogP contribution in [0.15, 0.2) is 24.3 Å². The van der Waals surface area contributed by atoms with Gasteiger partial charge in [0.15, 0.2) is 0 Å². The molecule has 4 heteroatoms. The third-order valence-corrected chi connectivity index (χ3v) is 3.73. The summed E-state index contributed by atoms with van der Waals surface area (Å²) in [5.41, 5.74) is 0.934. The summed E-state index contributed by atoms with van der Waals surface area (Å²) in [6.45, 7) is 2.85. The fourth-order valence-corrected chi connectivity index (χ4v) is 2.72. The number of nitrogens with zero attached hydrogens (tertiary/aromatic N) is 2. The Morgan fingerprint density at radius 3 is 2.75 bits per heavy atom. The first-order valence-corrected chi connectivity index (χ1v) is 7.54. The van der Waals surface area contributed by atoms with Crippen molar-refractivity contribution in [2.24, 2.45) is 0 Å². The summed E-state index contributed by atoms with van der Waals surface area (Å²) in [5.74, 6) is 1.37. The molecule has 4 nitrogen and oxygen atoms in total. The van der Waals surface area contributed by atoms with Gasteiger partial charge in [-0.05, 0) is 44.7 Å². The van der Waals surface area contributed by atoms with E-state index in [9.17, 15) is 0 Å². The zero-order chi connectivity index (χ0) is 13.8. The summed E-state index contributed by atoms with van der Waals surface area (Å²) >= 11 is 0. The Hall–Kier alpha value is -1.84. The van der Waals surface area contributed by atoms with E-state index < -0.39 is 0 Å². The molecule has 1 aromatic carbocycles. The van der Waals surface area contributed by atoms with E-state index >= 15 is 0 Å². The zero-order valence-corrected chi connectivity index (χ0v) is 11.9. The Kier molecular flexibility index (Phi) is 4.00. The molecule has 0 radical (unpaired) electrons. The molecule has 20 heavy (non-hydrogen) atoms. The summed E-state index contributed by atoms with van der Waals surface area (Å²) in [5, 5.41) is 4.17. The smallest absolute Gasteiger partial charge is 0.226 e. The van der Waals surface area contributed by atoms with Gasteiger partial charge in [0, 0.05) is 6.54 Å². The van der Waals surface area contributed by atoms with Crippen molar-refractivity contribution in [3.05, 3.63) is 24.3 Å². The van der Waals surface area contributed by atoms with Crippen LogP contribution in [0.2, 0.25) is 0 Å². The molecule has 1 aliphatic carbocycles. The average molecular weight is 271 g/mol. The Morgan fingerprint density at radius 2 is 1.95 bits per heavy atom. The SMILES string of the molecule is CCNc1nc(OC2CCCCC2)c2ccccc2n1. The lowest BCUT2D eigenvalue weighted by atomic mass is 9.98. The molecule has 1 aliphatic rings. The van der Waals surface area contributed by atoms with Gasteiger partial charge in [-0.3, -0.25) is 0 Å². The van der Waals surface area contributed by atoms with Crippen molar-refractivity contribution < 1.29 is 4.74 Å². The van der Waals surface area contributed by atoms with Crippen LogP contribution in [-0.4, -0.2) is 22.6 Å². The maximum absolute atomic E-state index is 6.16. The van der Waals surface area contributed by atoms with Gasteiger partial charge in [-0.2, -0.15) is 4.98 Å². The summed E-state index contributed by atoms with van der Waals surface area (Å²) in [7, 11) is 0. The van der Waals surface area contributed by atoms with Crippen LogP contribution in [0.5, 0.6) is 5.88 Å². The van der Waals surface area contributed by atoms with Crippen LogP contribution in [0.4, 0.5) is 5.95 Å². The van der Waals surface area contributed by atoms with Gasteiger partial charge in [-0.15, -0.1) is 0 Å². The number of nitrogens with one attached hydrogen (secondary N) is 1. The van der Waals surface area contributed by atoms with Crippen LogP contribution in [-0.2, 0) is 0 Å². The monoisotopic (exact) mass is 271 g/mol. The van der Waals surface area contributed by atoms with Gasteiger partial charge in [0.05, 0.1) is 10.9 Å². The second-order valence-electron chi connectivity index (χ2n) is 5.28. The number of ether oxygens (including phenoxy) is 1.